The van der Waals surface area contributed by atoms with Gasteiger partial charge < -0.3 is 138 Å². The molecule has 0 aromatic carbocycles. The third-order valence-corrected chi connectivity index (χ3v) is 20.5. The number of phosphoric ester groups is 6. The summed E-state index contributed by atoms with van der Waals surface area (Å²) in [6.07, 6.45) is -12.3. The van der Waals surface area contributed by atoms with E-state index in [1.165, 1.54) is 0 Å². The number of amides is 4. The average molecular weight is 1510 g/mol. The number of anilines is 2. The van der Waals surface area contributed by atoms with E-state index in [-0.39, 0.29) is 73.0 Å². The Morgan fingerprint density at radius 2 is 0.908 bits per heavy atom. The number of hydrogen-bond donors (Lipinski definition) is 10. The highest BCUT2D eigenvalue weighted by molar-refractivity contribution is 7.60. The van der Waals surface area contributed by atoms with E-state index in [0.717, 1.165) is 76.0 Å². The van der Waals surface area contributed by atoms with Crippen molar-refractivity contribution in [1.82, 2.24) is 60.3 Å². The minimum Gasteiger partial charge on any atom is -0.790 e. The normalized spacial score (nSPS) is 24.8. The number of nitrogens with zero attached hydrogens (tertiary/aromatic N) is 8. The standard InChI is InChI=1S/C44H74B2N14O32P6/c1-41(2,17-85-97(79,80)91-95(75,76)83-15-23-29(89-93(69,70)71)31(63)43(5,87-23)59-21-57-27-35(47)53-19-55-37(27)59)33(65)39(67)51-11-7-25(61)49-13-9-45-46-10-14-50-26(62)8-12-52-40(68)34(66)42(3,4)18-86-98(81,82)92-96(77,78)84-16-24-30(90-94(72,73)74)32(64)44(6,88-24)60-22-58-28-36(48)54-20-56-38(28)60/h19-24,29-34,63-66H,7-18H2,1-6H3,(H,49,61)(H,50,62)(H,51,67)(H,52,68)(H,75,76)(H,77,78)(H,79,80)(H,81,82)(H2,47,53,55)(H2,48,54,56)(H2,69,70,71)(H2,72,73,74)/p-8. The van der Waals surface area contributed by atoms with Gasteiger partial charge in [0.1, 0.15) is 72.5 Å². The molecule has 98 heavy (non-hydrogen) atoms. The Bertz CT molecular complexity index is 3560. The number of carbonyl (C=O) groups is 4. The molecule has 6 heterocycles. The summed E-state index contributed by atoms with van der Waals surface area (Å²) >= 11 is 0. The molecule has 2 radical (unpaired) electrons. The van der Waals surface area contributed by atoms with Crippen molar-refractivity contribution in [3.63, 3.8) is 0 Å². The maximum Gasteiger partial charge on any atom is 0.274 e. The van der Waals surface area contributed by atoms with Gasteiger partial charge in [0.15, 0.2) is 34.4 Å². The third kappa shape index (κ3) is 22.4. The quantitative estimate of drug-likeness (QED) is 0.0113. The predicted molar refractivity (Wildman–Crippen MR) is 312 cm³/mol. The number of fused-ring (bicyclic) bond motifs is 2. The van der Waals surface area contributed by atoms with E-state index in [1.54, 1.807) is 14.3 Å². The van der Waals surface area contributed by atoms with E-state index in [0.29, 0.717) is 12.6 Å². The van der Waals surface area contributed by atoms with Crippen molar-refractivity contribution >= 4 is 119 Å². The van der Waals surface area contributed by atoms with Gasteiger partial charge in [-0.25, -0.2) is 38.5 Å². The molecular formula is C44H66B2N14O32P6-8. The molecule has 0 aliphatic carbocycles. The monoisotopic (exact) mass is 1510 g/mol. The smallest absolute Gasteiger partial charge is 0.274 e. The van der Waals surface area contributed by atoms with E-state index in [1.807, 2.05) is 0 Å². The van der Waals surface area contributed by atoms with E-state index < -0.39 is 168 Å². The molecule has 12 N–H and O–H groups in total. The van der Waals surface area contributed by atoms with Crippen LogP contribution in [-0.2, 0) is 103 Å². The first-order valence-corrected chi connectivity index (χ1v) is 37.2. The molecule has 54 heteroatoms. The molecule has 46 nitrogen and oxygen atoms in total. The molecule has 4 aromatic rings. The molecule has 2 saturated heterocycles. The number of aliphatic hydroxyl groups is 4. The average Bonchev–Trinajstić information content (AvgIpc) is 1.59. The summed E-state index contributed by atoms with van der Waals surface area (Å²) in [5, 5.41) is 53.3. The number of aliphatic hydroxyl groups excluding tert-OH is 4. The van der Waals surface area contributed by atoms with E-state index >= 15 is 0 Å². The maximum atomic E-state index is 12.7. The van der Waals surface area contributed by atoms with E-state index in [2.05, 4.69) is 86.9 Å². The summed E-state index contributed by atoms with van der Waals surface area (Å²) in [7, 11) is -32.5. The first-order valence-electron chi connectivity index (χ1n) is 28.5. The molecule has 0 spiro atoms. The fourth-order valence-electron chi connectivity index (χ4n) is 9.29. The lowest BCUT2D eigenvalue weighted by Crippen LogP contribution is -2.46. The minimum atomic E-state index is -6.02. The van der Waals surface area contributed by atoms with Crippen molar-refractivity contribution in [2.75, 3.05) is 64.1 Å². The molecule has 0 saturated carbocycles. The lowest BCUT2D eigenvalue weighted by molar-refractivity contribution is -0.349. The SMILES string of the molecule is CC(C)(COP(=O)([O-])OP(=O)([O-])OCC1OC(C)(n2cnc3c(N)ncnc32)C(O)C1OP(=O)([O-])[O-])C(O)C(=O)NCCC(=O)NCC[B][B]CCNC(=O)CCNC(=O)C(O)C(C)(C)COP(=O)([O-])OP(=O)([O-])OCC1OC(C)(n2cnc3c(N)ncnc32)C(O)C1OP(=O)([O-])[O-]. The van der Waals surface area contributed by atoms with Crippen LogP contribution in [0.5, 0.6) is 0 Å². The summed E-state index contributed by atoms with van der Waals surface area (Å²) in [5.41, 5.74) is 3.64. The van der Waals surface area contributed by atoms with Crippen molar-refractivity contribution in [2.24, 2.45) is 10.8 Å². The fourth-order valence-corrected chi connectivity index (χ4v) is 14.7. The Morgan fingerprint density at radius 3 is 1.24 bits per heavy atom. The third-order valence-electron chi connectivity index (χ3n) is 14.5. The van der Waals surface area contributed by atoms with Crippen molar-refractivity contribution in [3.8, 4) is 0 Å². The highest BCUT2D eigenvalue weighted by Crippen LogP contribution is 2.58. The lowest BCUT2D eigenvalue weighted by atomic mass is 9.36. The second-order valence-corrected chi connectivity index (χ2v) is 31.3. The van der Waals surface area contributed by atoms with Crippen LogP contribution in [0.1, 0.15) is 54.4 Å². The van der Waals surface area contributed by atoms with Gasteiger partial charge in [0, 0.05) is 49.9 Å². The summed E-state index contributed by atoms with van der Waals surface area (Å²) in [6.45, 7) is 1.66. The molecule has 0 bridgehead atoms. The Hall–Kier alpha value is -4.79. The van der Waals surface area contributed by atoms with Crippen LogP contribution < -0.4 is 71.9 Å². The van der Waals surface area contributed by atoms with Crippen molar-refractivity contribution in [1.29, 1.82) is 0 Å². The fraction of sp³-hybridized carbons (Fsp3) is 0.682. The zero-order valence-corrected chi connectivity index (χ0v) is 57.6. The Kier molecular flexibility index (Phi) is 27.4. The summed E-state index contributed by atoms with van der Waals surface area (Å²) in [4.78, 5) is 171. The van der Waals surface area contributed by atoms with E-state index in [9.17, 15) is 106 Å². The molecule has 548 valence electrons. The Balaban J connectivity index is 0.808. The van der Waals surface area contributed by atoms with Crippen molar-refractivity contribution in [2.45, 2.75) is 127 Å². The van der Waals surface area contributed by atoms with Crippen LogP contribution in [0.25, 0.3) is 22.3 Å². The van der Waals surface area contributed by atoms with E-state index in [4.69, 9.17) is 20.9 Å². The van der Waals surface area contributed by atoms with Crippen LogP contribution in [0.15, 0.2) is 25.3 Å². The van der Waals surface area contributed by atoms with Crippen molar-refractivity contribution < 1.29 is 151 Å². The number of ether oxygens (including phenoxy) is 2. The van der Waals surface area contributed by atoms with Gasteiger partial charge in [0.05, 0.1) is 69.1 Å². The number of phosphoric acid groups is 6. The second kappa shape index (κ2) is 32.7. The lowest BCUT2D eigenvalue weighted by Gasteiger charge is -2.36. The molecule has 14 unspecified atom stereocenters. The van der Waals surface area contributed by atoms with Gasteiger partial charge in [-0.2, -0.15) is 0 Å². The molecule has 4 amide bonds. The molecule has 4 aromatic heterocycles. The number of nitrogens with two attached hydrogens (primary N) is 2. The highest BCUT2D eigenvalue weighted by Gasteiger charge is 2.57. The predicted octanol–water partition coefficient (Wildman–Crippen LogP) is -8.72. The van der Waals surface area contributed by atoms with Gasteiger partial charge in [-0.3, -0.25) is 46.6 Å². The summed E-state index contributed by atoms with van der Waals surface area (Å²) in [6, 6.07) is 0. The molecule has 2 aliphatic rings. The molecule has 14 atom stereocenters. The first kappa shape index (κ1) is 82.2. The van der Waals surface area contributed by atoms with Crippen molar-refractivity contribution in [3.05, 3.63) is 25.3 Å². The topological polar surface area (TPSA) is 716 Å². The van der Waals surface area contributed by atoms with Gasteiger partial charge in [0.2, 0.25) is 23.6 Å². The Labute approximate surface area is 556 Å². The second-order valence-electron chi connectivity index (χ2n) is 23.1. The first-order chi connectivity index (χ1) is 45.1. The van der Waals surface area contributed by atoms with Gasteiger partial charge in [-0.1, -0.05) is 40.3 Å². The van der Waals surface area contributed by atoms with Crippen LogP contribution in [0.4, 0.5) is 11.6 Å². The van der Waals surface area contributed by atoms with Gasteiger partial charge in [-0.15, -0.1) is 0 Å². The number of carbonyl (C=O) groups excluding carboxylic acids is 4. The van der Waals surface area contributed by atoms with Gasteiger partial charge in [0.25, 0.3) is 31.3 Å². The minimum absolute atomic E-state index is 0.00104. The largest absolute Gasteiger partial charge is 0.790 e. The molecule has 2 fully saturated rings. The van der Waals surface area contributed by atoms with Crippen LogP contribution in [-0.4, -0.2) is 199 Å². The zero-order valence-electron chi connectivity index (χ0n) is 52.2. The molecule has 2 aliphatic heterocycles. The highest BCUT2D eigenvalue weighted by atomic mass is 31.3. The Morgan fingerprint density at radius 1 is 0.571 bits per heavy atom. The van der Waals surface area contributed by atoms with Gasteiger partial charge in [-0.05, 0) is 13.8 Å². The number of nitrogens with one attached hydrogen (secondary N) is 4. The summed E-state index contributed by atoms with van der Waals surface area (Å²) < 4.78 is 123. The van der Waals surface area contributed by atoms with Crippen LogP contribution in [0.3, 0.4) is 0 Å². The number of imidazole rings is 2. The van der Waals surface area contributed by atoms with Crippen LogP contribution in [0.2, 0.25) is 12.6 Å². The summed E-state index contributed by atoms with van der Waals surface area (Å²) in [5.74, 6) is -3.51. The number of hydrogen-bond acceptors (Lipinski definition) is 40. The molecule has 6 rings (SSSR count). The van der Waals surface area contributed by atoms with Crippen LogP contribution in [0, 0.1) is 10.8 Å². The number of rotatable bonds is 39. The maximum absolute atomic E-state index is 12.7. The molecular weight excluding hydrogens is 1440 g/mol. The zero-order chi connectivity index (χ0) is 73.4. The van der Waals surface area contributed by atoms with Crippen LogP contribution >= 0.6 is 46.9 Å². The number of aromatic nitrogens is 8. The number of nitrogen functional groups attached to an aromatic ring is 2. The van der Waals surface area contributed by atoms with Gasteiger partial charge >= 0.3 is 0 Å².